The minimum Gasteiger partial charge on any atom is -0.465 e. The summed E-state index contributed by atoms with van der Waals surface area (Å²) in [5.41, 5.74) is 5.49. The first kappa shape index (κ1) is 16.4. The highest BCUT2D eigenvalue weighted by atomic mass is 32.2. The van der Waals surface area contributed by atoms with Gasteiger partial charge in [-0.15, -0.1) is 0 Å². The largest absolute Gasteiger partial charge is 0.465 e. The predicted molar refractivity (Wildman–Crippen MR) is 71.5 cm³/mol. The molecule has 0 radical (unpaired) electrons. The lowest BCUT2D eigenvalue weighted by Gasteiger charge is -2.25. The van der Waals surface area contributed by atoms with Gasteiger partial charge < -0.3 is 10.5 Å². The minimum absolute atomic E-state index is 0.230. The molecule has 0 saturated carbocycles. The Morgan fingerprint density at radius 2 is 2.21 bits per heavy atom. The van der Waals surface area contributed by atoms with Crippen molar-refractivity contribution >= 4 is 16.2 Å². The van der Waals surface area contributed by atoms with Crippen molar-refractivity contribution in [2.45, 2.75) is 45.2 Å². The number of hydrogen-bond donors (Lipinski definition) is 2. The first-order valence-corrected chi connectivity index (χ1v) is 8.06. The van der Waals surface area contributed by atoms with Crippen LogP contribution in [0.5, 0.6) is 0 Å². The van der Waals surface area contributed by atoms with Crippen molar-refractivity contribution in [3.63, 3.8) is 0 Å². The Labute approximate surface area is 114 Å². The summed E-state index contributed by atoms with van der Waals surface area (Å²) < 4.78 is 33.1. The number of nitrogens with one attached hydrogen (secondary N) is 1. The SMILES string of the molecule is CCOC(=O)C1CCCN1S(=O)(=O)NC(CC)CN. The van der Waals surface area contributed by atoms with Gasteiger partial charge in [0.1, 0.15) is 6.04 Å². The number of carbonyl (C=O) groups excluding carboxylic acids is 1. The second kappa shape index (κ2) is 7.18. The minimum atomic E-state index is -3.69. The summed E-state index contributed by atoms with van der Waals surface area (Å²) in [4.78, 5) is 11.7. The van der Waals surface area contributed by atoms with Gasteiger partial charge in [-0.05, 0) is 26.2 Å². The molecule has 1 aliphatic heterocycles. The highest BCUT2D eigenvalue weighted by Crippen LogP contribution is 2.21. The molecule has 0 amide bonds. The van der Waals surface area contributed by atoms with E-state index < -0.39 is 22.2 Å². The summed E-state index contributed by atoms with van der Waals surface area (Å²) in [6.45, 7) is 4.36. The van der Waals surface area contributed by atoms with E-state index in [2.05, 4.69) is 4.72 Å². The highest BCUT2D eigenvalue weighted by molar-refractivity contribution is 7.87. The van der Waals surface area contributed by atoms with Gasteiger partial charge in [-0.25, -0.2) is 0 Å². The lowest BCUT2D eigenvalue weighted by atomic mass is 10.2. The Bertz CT molecular complexity index is 395. The van der Waals surface area contributed by atoms with Crippen LogP contribution in [0.15, 0.2) is 0 Å². The number of esters is 1. The Morgan fingerprint density at radius 3 is 2.74 bits per heavy atom. The first-order chi connectivity index (χ1) is 8.96. The molecule has 7 nitrogen and oxygen atoms in total. The molecule has 0 aromatic carbocycles. The number of carbonyl (C=O) groups is 1. The van der Waals surface area contributed by atoms with E-state index in [1.807, 2.05) is 6.92 Å². The van der Waals surface area contributed by atoms with Crippen LogP contribution < -0.4 is 10.5 Å². The molecule has 2 unspecified atom stereocenters. The Kier molecular flexibility index (Phi) is 6.18. The monoisotopic (exact) mass is 293 g/mol. The average Bonchev–Trinajstić information content (AvgIpc) is 2.86. The van der Waals surface area contributed by atoms with Gasteiger partial charge in [0.25, 0.3) is 10.2 Å². The van der Waals surface area contributed by atoms with E-state index in [0.717, 1.165) is 0 Å². The third-order valence-corrected chi connectivity index (χ3v) is 4.85. The van der Waals surface area contributed by atoms with E-state index >= 15 is 0 Å². The summed E-state index contributed by atoms with van der Waals surface area (Å²) >= 11 is 0. The van der Waals surface area contributed by atoms with Crippen molar-refractivity contribution in [1.29, 1.82) is 0 Å². The smallest absolute Gasteiger partial charge is 0.324 e. The second-order valence-electron chi connectivity index (χ2n) is 4.48. The topological polar surface area (TPSA) is 102 Å². The summed E-state index contributed by atoms with van der Waals surface area (Å²) in [6.07, 6.45) is 1.76. The van der Waals surface area contributed by atoms with Gasteiger partial charge in [0.05, 0.1) is 6.61 Å². The van der Waals surface area contributed by atoms with Crippen LogP contribution in [-0.4, -0.2) is 50.5 Å². The van der Waals surface area contributed by atoms with Crippen molar-refractivity contribution in [2.24, 2.45) is 5.73 Å². The third kappa shape index (κ3) is 4.13. The quantitative estimate of drug-likeness (QED) is 0.621. The van der Waals surface area contributed by atoms with Crippen LogP contribution in [0, 0.1) is 0 Å². The molecule has 0 bridgehead atoms. The lowest BCUT2D eigenvalue weighted by molar-refractivity contribution is -0.146. The Morgan fingerprint density at radius 1 is 1.53 bits per heavy atom. The first-order valence-electron chi connectivity index (χ1n) is 6.62. The van der Waals surface area contributed by atoms with Crippen LogP contribution in [0.4, 0.5) is 0 Å². The number of hydrogen-bond acceptors (Lipinski definition) is 5. The zero-order valence-electron chi connectivity index (χ0n) is 11.5. The molecule has 3 N–H and O–H groups in total. The Balaban J connectivity index is 2.78. The number of nitrogens with zero attached hydrogens (tertiary/aromatic N) is 1. The van der Waals surface area contributed by atoms with E-state index in [1.54, 1.807) is 6.92 Å². The van der Waals surface area contributed by atoms with Crippen LogP contribution in [-0.2, 0) is 19.7 Å². The maximum atomic E-state index is 12.2. The van der Waals surface area contributed by atoms with E-state index in [1.165, 1.54) is 4.31 Å². The van der Waals surface area contributed by atoms with E-state index in [9.17, 15) is 13.2 Å². The average molecular weight is 293 g/mol. The van der Waals surface area contributed by atoms with Gasteiger partial charge in [0, 0.05) is 19.1 Å². The molecular formula is C11H23N3O4S. The summed E-state index contributed by atoms with van der Waals surface area (Å²) in [5, 5.41) is 0. The van der Waals surface area contributed by atoms with Crippen LogP contribution in [0.3, 0.4) is 0 Å². The zero-order chi connectivity index (χ0) is 14.5. The fourth-order valence-corrected chi connectivity index (χ4v) is 3.79. The maximum absolute atomic E-state index is 12.2. The highest BCUT2D eigenvalue weighted by Gasteiger charge is 2.40. The summed E-state index contributed by atoms with van der Waals surface area (Å²) in [7, 11) is -3.69. The molecule has 1 heterocycles. The molecule has 1 saturated heterocycles. The molecule has 0 aliphatic carbocycles. The summed E-state index contributed by atoms with van der Waals surface area (Å²) in [6, 6.07) is -1.03. The molecular weight excluding hydrogens is 270 g/mol. The van der Waals surface area contributed by atoms with E-state index in [4.69, 9.17) is 10.5 Å². The third-order valence-electron chi connectivity index (χ3n) is 3.16. The van der Waals surface area contributed by atoms with E-state index in [0.29, 0.717) is 25.8 Å². The van der Waals surface area contributed by atoms with Crippen molar-refractivity contribution in [3.8, 4) is 0 Å². The van der Waals surface area contributed by atoms with Crippen LogP contribution >= 0.6 is 0 Å². The van der Waals surface area contributed by atoms with Crippen molar-refractivity contribution < 1.29 is 17.9 Å². The zero-order valence-corrected chi connectivity index (χ0v) is 12.3. The predicted octanol–water partition coefficient (Wildman–Crippen LogP) is -0.414. The molecule has 8 heteroatoms. The van der Waals surface area contributed by atoms with Gasteiger partial charge in [-0.1, -0.05) is 6.92 Å². The van der Waals surface area contributed by atoms with Crippen LogP contribution in [0.25, 0.3) is 0 Å². The number of ether oxygens (including phenoxy) is 1. The van der Waals surface area contributed by atoms with Gasteiger partial charge in [-0.2, -0.15) is 17.4 Å². The van der Waals surface area contributed by atoms with Crippen molar-refractivity contribution in [3.05, 3.63) is 0 Å². The molecule has 1 rings (SSSR count). The van der Waals surface area contributed by atoms with Gasteiger partial charge in [-0.3, -0.25) is 4.79 Å². The molecule has 2 atom stereocenters. The van der Waals surface area contributed by atoms with Gasteiger partial charge in [0.15, 0.2) is 0 Å². The molecule has 1 fully saturated rings. The molecule has 19 heavy (non-hydrogen) atoms. The lowest BCUT2D eigenvalue weighted by Crippen LogP contribution is -2.51. The Hall–Kier alpha value is -0.700. The second-order valence-corrected chi connectivity index (χ2v) is 6.14. The van der Waals surface area contributed by atoms with Gasteiger partial charge >= 0.3 is 5.97 Å². The molecule has 0 aromatic rings. The van der Waals surface area contributed by atoms with Crippen LogP contribution in [0.2, 0.25) is 0 Å². The maximum Gasteiger partial charge on any atom is 0.324 e. The summed E-state index contributed by atoms with van der Waals surface area (Å²) in [5.74, 6) is -0.480. The number of nitrogens with two attached hydrogens (primary N) is 1. The van der Waals surface area contributed by atoms with Gasteiger partial charge in [0.2, 0.25) is 0 Å². The fraction of sp³-hybridized carbons (Fsp3) is 0.909. The normalized spacial score (nSPS) is 22.4. The van der Waals surface area contributed by atoms with Crippen LogP contribution in [0.1, 0.15) is 33.1 Å². The van der Waals surface area contributed by atoms with Crippen molar-refractivity contribution in [2.75, 3.05) is 19.7 Å². The number of rotatable bonds is 7. The standard InChI is InChI=1S/C11H23N3O4S/c1-3-9(8-12)13-19(16,17)14-7-5-6-10(14)11(15)18-4-2/h9-10,13H,3-8,12H2,1-2H3. The fourth-order valence-electron chi connectivity index (χ4n) is 2.08. The molecule has 1 aliphatic rings. The van der Waals surface area contributed by atoms with E-state index in [-0.39, 0.29) is 19.2 Å². The molecule has 0 aromatic heterocycles. The molecule has 112 valence electrons. The molecule has 0 spiro atoms. The van der Waals surface area contributed by atoms with Crippen molar-refractivity contribution in [1.82, 2.24) is 9.03 Å².